The van der Waals surface area contributed by atoms with Crippen molar-refractivity contribution in [1.82, 2.24) is 15.0 Å². The van der Waals surface area contributed by atoms with Gasteiger partial charge in [-0.25, -0.2) is 0 Å². The molecule has 4 aromatic rings. The molecule has 0 bridgehead atoms. The highest BCUT2D eigenvalue weighted by Crippen LogP contribution is 2.30. The summed E-state index contributed by atoms with van der Waals surface area (Å²) in [5.41, 5.74) is 1.28. The van der Waals surface area contributed by atoms with E-state index in [1.54, 1.807) is 37.3 Å². The first-order valence-electron chi connectivity index (χ1n) is 9.55. The van der Waals surface area contributed by atoms with Crippen molar-refractivity contribution in [3.8, 4) is 16.2 Å². The van der Waals surface area contributed by atoms with Crippen LogP contribution in [0, 0.1) is 0 Å². The number of nitrogens with one attached hydrogen (secondary N) is 1. The van der Waals surface area contributed by atoms with Crippen LogP contribution in [-0.2, 0) is 4.79 Å². The molecule has 0 aliphatic heterocycles. The molecule has 2 aromatic carbocycles. The van der Waals surface area contributed by atoms with Crippen molar-refractivity contribution in [2.75, 3.05) is 11.9 Å². The van der Waals surface area contributed by atoms with Crippen LogP contribution in [0.2, 0.25) is 0 Å². The molecule has 0 aliphatic carbocycles. The minimum absolute atomic E-state index is 0.340. The maximum absolute atomic E-state index is 13.0. The Hall–Kier alpha value is -3.52. The fraction of sp³-hybridized carbons (Fsp3) is 0.182. The number of amides is 1. The van der Waals surface area contributed by atoms with Crippen LogP contribution in [0.4, 0.5) is 5.69 Å². The number of rotatable bonds is 6. The number of fused-ring (bicyclic) bond motifs is 1. The van der Waals surface area contributed by atoms with Crippen LogP contribution < -0.4 is 15.6 Å². The first-order valence-corrected chi connectivity index (χ1v) is 10.4. The number of nitrogens with zero attached hydrogens (tertiary/aromatic N) is 3. The predicted molar refractivity (Wildman–Crippen MR) is 118 cm³/mol. The van der Waals surface area contributed by atoms with Gasteiger partial charge in [-0.1, -0.05) is 35.5 Å². The molecule has 0 aliphatic rings. The van der Waals surface area contributed by atoms with Crippen molar-refractivity contribution >= 4 is 33.1 Å². The number of thiophene rings is 1. The van der Waals surface area contributed by atoms with E-state index in [1.165, 1.54) is 11.3 Å². The molecule has 1 atom stereocenters. The second-order valence-electron chi connectivity index (χ2n) is 6.66. The lowest BCUT2D eigenvalue weighted by atomic mass is 10.2. The highest BCUT2D eigenvalue weighted by atomic mass is 32.1. The van der Waals surface area contributed by atoms with E-state index in [0.717, 1.165) is 20.9 Å². The van der Waals surface area contributed by atoms with Crippen molar-refractivity contribution in [2.24, 2.45) is 0 Å². The van der Waals surface area contributed by atoms with E-state index in [1.807, 2.05) is 37.3 Å². The maximum Gasteiger partial charge on any atom is 0.279 e. The molecule has 7 nitrogen and oxygen atoms in total. The van der Waals surface area contributed by atoms with Gasteiger partial charge >= 0.3 is 0 Å². The molecule has 8 heteroatoms. The van der Waals surface area contributed by atoms with E-state index >= 15 is 0 Å². The molecule has 0 fully saturated rings. The van der Waals surface area contributed by atoms with Crippen LogP contribution in [0.25, 0.3) is 20.7 Å². The first kappa shape index (κ1) is 19.8. The largest absolute Gasteiger partial charge is 0.494 e. The van der Waals surface area contributed by atoms with E-state index in [0.29, 0.717) is 22.5 Å². The monoisotopic (exact) mass is 420 g/mol. The Morgan fingerprint density at radius 3 is 2.60 bits per heavy atom. The summed E-state index contributed by atoms with van der Waals surface area (Å²) >= 11 is 1.40. The van der Waals surface area contributed by atoms with Gasteiger partial charge in [0.25, 0.3) is 5.56 Å². The van der Waals surface area contributed by atoms with Crippen molar-refractivity contribution in [2.45, 2.75) is 19.9 Å². The Balaban J connectivity index is 1.58. The van der Waals surface area contributed by atoms with Gasteiger partial charge in [0.15, 0.2) is 4.83 Å². The van der Waals surface area contributed by atoms with Crippen molar-refractivity contribution in [3.05, 3.63) is 71.0 Å². The summed E-state index contributed by atoms with van der Waals surface area (Å²) in [5.74, 6) is 0.371. The molecule has 0 spiro atoms. The Bertz CT molecular complexity index is 1230. The zero-order chi connectivity index (χ0) is 21.1. The van der Waals surface area contributed by atoms with Gasteiger partial charge in [0.05, 0.1) is 12.0 Å². The molecular formula is C22H20N4O3S. The molecule has 2 aromatic heterocycles. The fourth-order valence-corrected chi connectivity index (χ4v) is 3.99. The predicted octanol–water partition coefficient (Wildman–Crippen LogP) is 4.12. The van der Waals surface area contributed by atoms with Crippen LogP contribution in [0.3, 0.4) is 0 Å². The first-order chi connectivity index (χ1) is 14.6. The lowest BCUT2D eigenvalue weighted by Gasteiger charge is -2.13. The molecule has 0 saturated heterocycles. The minimum atomic E-state index is -0.818. The summed E-state index contributed by atoms with van der Waals surface area (Å²) in [4.78, 5) is 27.1. The topological polar surface area (TPSA) is 86.1 Å². The van der Waals surface area contributed by atoms with Gasteiger partial charge in [-0.3, -0.25) is 9.59 Å². The zero-order valence-corrected chi connectivity index (χ0v) is 17.3. The minimum Gasteiger partial charge on any atom is -0.494 e. The number of ether oxygens (including phenoxy) is 1. The van der Waals surface area contributed by atoms with Crippen molar-refractivity contribution in [3.63, 3.8) is 0 Å². The Kier molecular flexibility index (Phi) is 5.58. The Labute approximate surface area is 176 Å². The zero-order valence-electron chi connectivity index (χ0n) is 16.5. The van der Waals surface area contributed by atoms with Crippen LogP contribution >= 0.6 is 11.3 Å². The lowest BCUT2D eigenvalue weighted by Crippen LogP contribution is -2.33. The van der Waals surface area contributed by atoms with E-state index in [2.05, 4.69) is 15.6 Å². The highest BCUT2D eigenvalue weighted by molar-refractivity contribution is 7.21. The van der Waals surface area contributed by atoms with Gasteiger partial charge in [-0.05, 0) is 49.7 Å². The quantitative estimate of drug-likeness (QED) is 0.507. The van der Waals surface area contributed by atoms with Gasteiger partial charge in [-0.2, -0.15) is 4.68 Å². The third-order valence-corrected chi connectivity index (χ3v) is 5.69. The van der Waals surface area contributed by atoms with Gasteiger partial charge < -0.3 is 10.1 Å². The summed E-state index contributed by atoms with van der Waals surface area (Å²) in [5, 5.41) is 11.4. The second kappa shape index (κ2) is 8.46. The van der Waals surface area contributed by atoms with E-state index < -0.39 is 6.04 Å². The Morgan fingerprint density at radius 1 is 1.17 bits per heavy atom. The molecule has 2 heterocycles. The molecule has 1 amide bonds. The summed E-state index contributed by atoms with van der Waals surface area (Å²) in [6, 6.07) is 17.8. The molecule has 0 saturated carbocycles. The third kappa shape index (κ3) is 3.95. The van der Waals surface area contributed by atoms with Crippen LogP contribution in [0.15, 0.2) is 65.5 Å². The normalized spacial score (nSPS) is 11.9. The van der Waals surface area contributed by atoms with E-state index in [4.69, 9.17) is 4.74 Å². The van der Waals surface area contributed by atoms with Crippen molar-refractivity contribution < 1.29 is 9.53 Å². The molecule has 1 N–H and O–H groups in total. The number of carbonyl (C=O) groups excluding carboxylic acids is 1. The summed E-state index contributed by atoms with van der Waals surface area (Å²) in [6.07, 6.45) is 0. The molecule has 4 rings (SSSR count). The average molecular weight is 420 g/mol. The number of hydrogen-bond acceptors (Lipinski definition) is 6. The van der Waals surface area contributed by atoms with Crippen LogP contribution in [-0.4, -0.2) is 27.5 Å². The van der Waals surface area contributed by atoms with Crippen LogP contribution in [0.1, 0.15) is 19.9 Å². The second-order valence-corrected chi connectivity index (χ2v) is 7.69. The van der Waals surface area contributed by atoms with E-state index in [9.17, 15) is 9.59 Å². The molecule has 152 valence electrons. The molecule has 1 unspecified atom stereocenters. The van der Waals surface area contributed by atoms with Gasteiger partial charge in [0.1, 0.15) is 11.8 Å². The van der Waals surface area contributed by atoms with Gasteiger partial charge in [0, 0.05) is 10.6 Å². The van der Waals surface area contributed by atoms with Gasteiger partial charge in [-0.15, -0.1) is 16.4 Å². The standard InChI is InChI=1S/C22H20N4O3S/c1-3-29-17-11-9-16(10-12-17)23-20(27)14(2)26-22(28)18-13-19(30-21(18)24-25-26)15-7-5-4-6-8-15/h4-14H,3H2,1-2H3,(H,23,27). The number of hydrogen-bond donors (Lipinski definition) is 1. The smallest absolute Gasteiger partial charge is 0.279 e. The number of benzene rings is 2. The fourth-order valence-electron chi connectivity index (χ4n) is 3.02. The van der Waals surface area contributed by atoms with Gasteiger partial charge in [0.2, 0.25) is 5.91 Å². The molecule has 0 radical (unpaired) electrons. The SMILES string of the molecule is CCOc1ccc(NC(=O)C(C)n2nnc3sc(-c4ccccc4)cc3c2=O)cc1. The maximum atomic E-state index is 13.0. The molecular weight excluding hydrogens is 400 g/mol. The lowest BCUT2D eigenvalue weighted by molar-refractivity contribution is -0.119. The van der Waals surface area contributed by atoms with E-state index in [-0.39, 0.29) is 11.5 Å². The van der Waals surface area contributed by atoms with Crippen molar-refractivity contribution in [1.29, 1.82) is 0 Å². The van der Waals surface area contributed by atoms with Crippen LogP contribution in [0.5, 0.6) is 5.75 Å². The third-order valence-electron chi connectivity index (χ3n) is 4.62. The number of carbonyl (C=O) groups is 1. The summed E-state index contributed by atoms with van der Waals surface area (Å²) in [7, 11) is 0. The molecule has 30 heavy (non-hydrogen) atoms. The number of aromatic nitrogens is 3. The Morgan fingerprint density at radius 2 is 1.90 bits per heavy atom. The summed E-state index contributed by atoms with van der Waals surface area (Å²) < 4.78 is 6.52. The average Bonchev–Trinajstić information content (AvgIpc) is 3.21. The summed E-state index contributed by atoms with van der Waals surface area (Å²) in [6.45, 7) is 4.10. The highest BCUT2D eigenvalue weighted by Gasteiger charge is 2.20. The number of anilines is 1.